The molecule has 0 saturated heterocycles. The Morgan fingerprint density at radius 3 is 1.74 bits per heavy atom. The van der Waals surface area contributed by atoms with E-state index in [1.54, 1.807) is 11.8 Å². The predicted molar refractivity (Wildman–Crippen MR) is 150 cm³/mol. The molecule has 180 valence electrons. The Bertz CT molecular complexity index is 1050. The van der Waals surface area contributed by atoms with Crippen molar-refractivity contribution >= 4 is 11.8 Å². The van der Waals surface area contributed by atoms with Gasteiger partial charge in [-0.2, -0.15) is 0 Å². The van der Waals surface area contributed by atoms with Crippen molar-refractivity contribution in [1.82, 2.24) is 0 Å². The average molecular weight is 473 g/mol. The van der Waals surface area contributed by atoms with Gasteiger partial charge in [-0.05, 0) is 79.4 Å². The molecule has 3 aromatic carbocycles. The third-order valence-corrected chi connectivity index (χ3v) is 6.60. The largest absolute Gasteiger partial charge is 0.457 e. The van der Waals surface area contributed by atoms with Gasteiger partial charge in [0.2, 0.25) is 0 Å². The van der Waals surface area contributed by atoms with Gasteiger partial charge in [-0.3, -0.25) is 0 Å². The summed E-state index contributed by atoms with van der Waals surface area (Å²) in [5, 5.41) is 0. The zero-order chi connectivity index (χ0) is 25.1. The molecular weight excluding hydrogens is 432 g/mol. The van der Waals surface area contributed by atoms with Gasteiger partial charge in [0.15, 0.2) is 0 Å². The molecule has 0 amide bonds. The zero-order valence-electron chi connectivity index (χ0n) is 22.1. The summed E-state index contributed by atoms with van der Waals surface area (Å²) in [5.41, 5.74) is 3.81. The number of aryl methyl sites for hydroxylation is 1. The Morgan fingerprint density at radius 1 is 0.794 bits per heavy atom. The fourth-order valence-corrected chi connectivity index (χ4v) is 4.34. The molecule has 0 fully saturated rings. The van der Waals surface area contributed by atoms with E-state index in [1.807, 2.05) is 26.0 Å². The first-order valence-corrected chi connectivity index (χ1v) is 13.1. The number of allylic oxidation sites excluding steroid dienone is 4. The molecule has 34 heavy (non-hydrogen) atoms. The fraction of sp³-hybridized carbons (Fsp3) is 0.312. The minimum Gasteiger partial charge on any atom is -0.457 e. The Labute approximate surface area is 212 Å². The van der Waals surface area contributed by atoms with Crippen LogP contribution in [-0.2, 0) is 5.41 Å². The molecule has 0 radical (unpaired) electrons. The van der Waals surface area contributed by atoms with E-state index < -0.39 is 0 Å². The van der Waals surface area contributed by atoms with Gasteiger partial charge in [0.1, 0.15) is 11.5 Å². The molecule has 0 bridgehead atoms. The van der Waals surface area contributed by atoms with Crippen LogP contribution in [0.4, 0.5) is 0 Å². The lowest BCUT2D eigenvalue weighted by Gasteiger charge is -2.27. The van der Waals surface area contributed by atoms with E-state index in [-0.39, 0.29) is 5.41 Å². The average Bonchev–Trinajstić information content (AvgIpc) is 2.83. The fourth-order valence-electron chi connectivity index (χ4n) is 3.52. The van der Waals surface area contributed by atoms with Crippen molar-refractivity contribution in [2.24, 2.45) is 5.92 Å². The number of hydrogen-bond acceptors (Lipinski definition) is 2. The highest BCUT2D eigenvalue weighted by molar-refractivity contribution is 7.99. The summed E-state index contributed by atoms with van der Waals surface area (Å²) < 4.78 is 6.09. The molecule has 0 saturated carbocycles. The predicted octanol–water partition coefficient (Wildman–Crippen LogP) is 10.4. The normalized spacial score (nSPS) is 12.0. The Morgan fingerprint density at radius 2 is 1.26 bits per heavy atom. The van der Waals surface area contributed by atoms with Gasteiger partial charge in [-0.1, -0.05) is 101 Å². The van der Waals surface area contributed by atoms with Gasteiger partial charge in [0.05, 0.1) is 0 Å². The molecule has 0 atom stereocenters. The number of hydrogen-bond donors (Lipinski definition) is 0. The summed E-state index contributed by atoms with van der Waals surface area (Å²) in [6.07, 6.45) is 6.72. The van der Waals surface area contributed by atoms with Crippen LogP contribution in [0.15, 0.2) is 106 Å². The van der Waals surface area contributed by atoms with Gasteiger partial charge in [-0.25, -0.2) is 0 Å². The van der Waals surface area contributed by atoms with Crippen LogP contribution < -0.4 is 4.74 Å². The zero-order valence-corrected chi connectivity index (χ0v) is 22.9. The van der Waals surface area contributed by atoms with Crippen molar-refractivity contribution in [2.45, 2.75) is 70.6 Å². The van der Waals surface area contributed by atoms with E-state index in [2.05, 4.69) is 120 Å². The first-order chi connectivity index (χ1) is 16.3. The number of benzene rings is 3. The summed E-state index contributed by atoms with van der Waals surface area (Å²) in [7, 11) is 0. The van der Waals surface area contributed by atoms with Gasteiger partial charge in [0, 0.05) is 15.2 Å². The third-order valence-electron chi connectivity index (χ3n) is 5.59. The third kappa shape index (κ3) is 7.95. The van der Waals surface area contributed by atoms with Crippen LogP contribution in [-0.4, -0.2) is 0 Å². The highest BCUT2D eigenvalue weighted by Crippen LogP contribution is 2.35. The van der Waals surface area contributed by atoms with Crippen molar-refractivity contribution in [3.63, 3.8) is 0 Å². The van der Waals surface area contributed by atoms with Gasteiger partial charge in [-0.15, -0.1) is 0 Å². The second-order valence-corrected chi connectivity index (χ2v) is 10.1. The first-order valence-electron chi connectivity index (χ1n) is 12.3. The van der Waals surface area contributed by atoms with E-state index in [0.29, 0.717) is 5.92 Å². The maximum absolute atomic E-state index is 6.09. The van der Waals surface area contributed by atoms with Crippen LogP contribution >= 0.6 is 11.8 Å². The Balaban J connectivity index is 0.00000199. The summed E-state index contributed by atoms with van der Waals surface area (Å²) >= 11 is 1.76. The molecule has 2 heteroatoms. The topological polar surface area (TPSA) is 9.23 Å². The van der Waals surface area contributed by atoms with E-state index in [9.17, 15) is 0 Å². The minimum absolute atomic E-state index is 0.0620. The number of rotatable bonds is 8. The number of ether oxygens (including phenoxy) is 1. The lowest BCUT2D eigenvalue weighted by Crippen LogP contribution is -2.19. The van der Waals surface area contributed by atoms with Crippen LogP contribution in [0.1, 0.15) is 59.6 Å². The van der Waals surface area contributed by atoms with Crippen molar-refractivity contribution in [3.8, 4) is 11.5 Å². The maximum Gasteiger partial charge on any atom is 0.127 e. The van der Waals surface area contributed by atoms with Gasteiger partial charge in [0.25, 0.3) is 0 Å². The van der Waals surface area contributed by atoms with Crippen LogP contribution in [0.2, 0.25) is 0 Å². The molecule has 3 rings (SSSR count). The molecule has 0 N–H and O–H groups in total. The highest BCUT2D eigenvalue weighted by Gasteiger charge is 2.23. The molecule has 1 nitrogen and oxygen atoms in total. The molecule has 0 spiro atoms. The van der Waals surface area contributed by atoms with Gasteiger partial charge >= 0.3 is 0 Å². The molecule has 0 unspecified atom stereocenters. The van der Waals surface area contributed by atoms with Crippen molar-refractivity contribution < 1.29 is 4.74 Å². The summed E-state index contributed by atoms with van der Waals surface area (Å²) in [5.74, 6) is 2.24. The smallest absolute Gasteiger partial charge is 0.127 e. The summed E-state index contributed by atoms with van der Waals surface area (Å²) in [4.78, 5) is 2.44. The van der Waals surface area contributed by atoms with E-state index >= 15 is 0 Å². The minimum atomic E-state index is -0.0620. The van der Waals surface area contributed by atoms with E-state index in [0.717, 1.165) is 11.5 Å². The van der Waals surface area contributed by atoms with Crippen LogP contribution in [0.25, 0.3) is 0 Å². The second-order valence-electron chi connectivity index (χ2n) is 8.99. The molecular formula is C32H40OS. The molecule has 3 aromatic rings. The monoisotopic (exact) mass is 472 g/mol. The first kappa shape index (κ1) is 27.5. The molecule has 0 aliphatic carbocycles. The highest BCUT2D eigenvalue weighted by atomic mass is 32.2. The van der Waals surface area contributed by atoms with Crippen LogP contribution in [0, 0.1) is 12.8 Å². The molecule has 0 aliphatic heterocycles. The Hall–Kier alpha value is -2.71. The van der Waals surface area contributed by atoms with Crippen molar-refractivity contribution in [2.75, 3.05) is 0 Å². The standard InChI is InChI=1S/C30H34OS.C2H6/c1-7-24(11-8-22(2)3)30(5,6)25-12-14-26(15-13-25)31-27-16-20-29(21-17-27)32-28-18-9-23(4)10-19-28;1-2/h7-22H,1-6H3;1-2H3/b11-8-,24-7+;. The molecule has 0 aliphatic rings. The summed E-state index contributed by atoms with van der Waals surface area (Å²) in [6.45, 7) is 17.2. The van der Waals surface area contributed by atoms with E-state index in [4.69, 9.17) is 4.74 Å². The van der Waals surface area contributed by atoms with Crippen molar-refractivity contribution in [3.05, 3.63) is 108 Å². The van der Waals surface area contributed by atoms with E-state index in [1.165, 1.54) is 26.5 Å². The molecule has 0 aromatic heterocycles. The van der Waals surface area contributed by atoms with Crippen molar-refractivity contribution in [1.29, 1.82) is 0 Å². The summed E-state index contributed by atoms with van der Waals surface area (Å²) in [6, 6.07) is 25.3. The quantitative estimate of drug-likeness (QED) is 0.301. The SMILES string of the molecule is C/C=C(\C=C/C(C)C)C(C)(C)c1ccc(Oc2ccc(Sc3ccc(C)cc3)cc2)cc1.CC. The molecule has 0 heterocycles. The maximum atomic E-state index is 6.09. The van der Waals surface area contributed by atoms with Crippen LogP contribution in [0.3, 0.4) is 0 Å². The van der Waals surface area contributed by atoms with Crippen LogP contribution in [0.5, 0.6) is 11.5 Å². The Kier molecular flexibility index (Phi) is 10.7. The lowest BCUT2D eigenvalue weighted by atomic mass is 9.77. The lowest BCUT2D eigenvalue weighted by molar-refractivity contribution is 0.481. The second kappa shape index (κ2) is 13.2. The van der Waals surface area contributed by atoms with Gasteiger partial charge < -0.3 is 4.74 Å².